The highest BCUT2D eigenvalue weighted by atomic mass is 79.9. The second-order valence-electron chi connectivity index (χ2n) is 5.60. The van der Waals surface area contributed by atoms with Gasteiger partial charge in [-0.2, -0.15) is 10.1 Å². The number of halogens is 1. The molecule has 0 radical (unpaired) electrons. The van der Waals surface area contributed by atoms with Gasteiger partial charge in [-0.25, -0.2) is 9.79 Å². The molecule has 0 aliphatic carbocycles. The van der Waals surface area contributed by atoms with Gasteiger partial charge in [-0.3, -0.25) is 4.84 Å². The molecule has 9 nitrogen and oxygen atoms in total. The molecule has 0 fully saturated rings. The summed E-state index contributed by atoms with van der Waals surface area (Å²) in [6.07, 6.45) is 0.566. The number of hydrogen-bond acceptors (Lipinski definition) is 8. The minimum atomic E-state index is -0.995. The molecule has 1 aliphatic rings. The molecule has 0 saturated carbocycles. The van der Waals surface area contributed by atoms with Crippen LogP contribution in [0.25, 0.3) is 0 Å². The van der Waals surface area contributed by atoms with Crippen molar-refractivity contribution in [3.05, 3.63) is 29.8 Å². The highest BCUT2D eigenvalue weighted by Gasteiger charge is 2.32. The van der Waals surface area contributed by atoms with Gasteiger partial charge in [0.25, 0.3) is 0 Å². The summed E-state index contributed by atoms with van der Waals surface area (Å²) >= 11 is 0. The van der Waals surface area contributed by atoms with E-state index in [0.717, 1.165) is 0 Å². The maximum Gasteiger partial charge on any atom is 0.335 e. The molecule has 10 heteroatoms. The van der Waals surface area contributed by atoms with Crippen LogP contribution in [0, 0.1) is 0 Å². The topological polar surface area (TPSA) is 136 Å². The molecule has 0 bridgehead atoms. The molecule has 0 atom stereocenters. The molecule has 25 heavy (non-hydrogen) atoms. The molecule has 138 valence electrons. The Kier molecular flexibility index (Phi) is 7.19. The third-order valence-electron chi connectivity index (χ3n) is 3.18. The number of benzene rings is 1. The van der Waals surface area contributed by atoms with E-state index in [9.17, 15) is 4.79 Å². The van der Waals surface area contributed by atoms with E-state index in [0.29, 0.717) is 25.4 Å². The first-order chi connectivity index (χ1) is 11.3. The van der Waals surface area contributed by atoms with Crippen molar-refractivity contribution in [3.63, 3.8) is 0 Å². The monoisotopic (exact) mass is 415 g/mol. The van der Waals surface area contributed by atoms with Gasteiger partial charge in [-0.1, -0.05) is 6.07 Å². The van der Waals surface area contributed by atoms with Crippen LogP contribution in [0.2, 0.25) is 0 Å². The quantitative estimate of drug-likeness (QED) is 0.571. The van der Waals surface area contributed by atoms with E-state index in [-0.39, 0.29) is 34.5 Å². The third-order valence-corrected chi connectivity index (χ3v) is 3.18. The van der Waals surface area contributed by atoms with E-state index in [1.54, 1.807) is 26.0 Å². The maximum absolute atomic E-state index is 10.9. The zero-order valence-electron chi connectivity index (χ0n) is 14.0. The lowest BCUT2D eigenvalue weighted by molar-refractivity contribution is -0.158. The highest BCUT2D eigenvalue weighted by molar-refractivity contribution is 8.93. The van der Waals surface area contributed by atoms with Crippen molar-refractivity contribution in [1.82, 2.24) is 5.06 Å². The van der Waals surface area contributed by atoms with Crippen molar-refractivity contribution in [1.29, 1.82) is 0 Å². The van der Waals surface area contributed by atoms with Gasteiger partial charge >= 0.3 is 5.97 Å². The fourth-order valence-corrected chi connectivity index (χ4v) is 2.14. The minimum Gasteiger partial charge on any atom is -0.493 e. The molecule has 2 rings (SSSR count). The Bertz CT molecular complexity index is 678. The Morgan fingerprint density at radius 1 is 1.32 bits per heavy atom. The molecule has 0 amide bonds. The van der Waals surface area contributed by atoms with Crippen LogP contribution < -0.4 is 16.2 Å². The van der Waals surface area contributed by atoms with Gasteiger partial charge in [0.1, 0.15) is 5.75 Å². The number of hydroxylamine groups is 2. The largest absolute Gasteiger partial charge is 0.493 e. The van der Waals surface area contributed by atoms with E-state index in [1.165, 1.54) is 17.2 Å². The SMILES string of the molecule is Br.CC1(C)N=C(N)N=C(N)N1OCCCOc1cccc(C(=O)O)c1. The van der Waals surface area contributed by atoms with Crippen LogP contribution in [0.3, 0.4) is 0 Å². The molecular formula is C15H22BrN5O4. The van der Waals surface area contributed by atoms with Gasteiger partial charge in [0.05, 0.1) is 18.8 Å². The Morgan fingerprint density at radius 3 is 2.68 bits per heavy atom. The van der Waals surface area contributed by atoms with Crippen LogP contribution in [0.1, 0.15) is 30.6 Å². The average Bonchev–Trinajstić information content (AvgIpc) is 2.48. The van der Waals surface area contributed by atoms with Gasteiger partial charge in [-0.15, -0.1) is 17.0 Å². The number of hydrogen-bond donors (Lipinski definition) is 3. The molecule has 1 aromatic carbocycles. The van der Waals surface area contributed by atoms with Gasteiger partial charge < -0.3 is 21.3 Å². The van der Waals surface area contributed by atoms with Crippen molar-refractivity contribution in [2.45, 2.75) is 25.9 Å². The smallest absolute Gasteiger partial charge is 0.335 e. The van der Waals surface area contributed by atoms with Crippen LogP contribution >= 0.6 is 17.0 Å². The summed E-state index contributed by atoms with van der Waals surface area (Å²) in [5, 5.41) is 10.3. The average molecular weight is 416 g/mol. The number of rotatable bonds is 7. The number of ether oxygens (including phenoxy) is 1. The lowest BCUT2D eigenvalue weighted by Gasteiger charge is -2.36. The summed E-state index contributed by atoms with van der Waals surface area (Å²) in [4.78, 5) is 24.5. The molecule has 0 aromatic heterocycles. The molecule has 1 aromatic rings. The second kappa shape index (κ2) is 8.67. The fraction of sp³-hybridized carbons (Fsp3) is 0.400. The summed E-state index contributed by atoms with van der Waals surface area (Å²) in [6, 6.07) is 6.30. The fourth-order valence-electron chi connectivity index (χ4n) is 2.14. The minimum absolute atomic E-state index is 0. The molecule has 5 N–H and O–H groups in total. The number of carboxylic acid groups (broad SMARTS) is 1. The molecule has 1 aliphatic heterocycles. The van der Waals surface area contributed by atoms with Crippen LogP contribution in [-0.2, 0) is 4.84 Å². The van der Waals surface area contributed by atoms with Crippen LogP contribution in [0.15, 0.2) is 34.3 Å². The number of guanidine groups is 2. The molecule has 0 saturated heterocycles. The number of aromatic carboxylic acids is 1. The third kappa shape index (κ3) is 5.61. The van der Waals surface area contributed by atoms with E-state index < -0.39 is 11.6 Å². The van der Waals surface area contributed by atoms with Gasteiger partial charge in [0, 0.05) is 6.42 Å². The number of nitrogens with zero attached hydrogens (tertiary/aromatic N) is 3. The van der Waals surface area contributed by atoms with Gasteiger partial charge in [-0.05, 0) is 32.0 Å². The Morgan fingerprint density at radius 2 is 2.04 bits per heavy atom. The molecule has 0 unspecified atom stereocenters. The highest BCUT2D eigenvalue weighted by Crippen LogP contribution is 2.20. The first-order valence-electron chi connectivity index (χ1n) is 7.38. The lowest BCUT2D eigenvalue weighted by atomic mass is 10.2. The van der Waals surface area contributed by atoms with E-state index in [4.69, 9.17) is 26.1 Å². The van der Waals surface area contributed by atoms with Gasteiger partial charge in [0.15, 0.2) is 5.66 Å². The van der Waals surface area contributed by atoms with E-state index >= 15 is 0 Å². The maximum atomic E-state index is 10.9. The van der Waals surface area contributed by atoms with Crippen molar-refractivity contribution in [2.75, 3.05) is 13.2 Å². The standard InChI is InChI=1S/C15H21N5O4.BrH/c1-15(2)19-13(16)18-14(17)20(15)24-8-4-7-23-11-6-3-5-10(9-11)12(21)22;/h3,5-6,9H,4,7-8H2,1-2H3,(H,21,22)(H4,16,17,18,19);1H. The summed E-state index contributed by atoms with van der Waals surface area (Å²) in [5.74, 6) is -0.251. The van der Waals surface area contributed by atoms with Crippen LogP contribution in [0.4, 0.5) is 0 Å². The summed E-state index contributed by atoms with van der Waals surface area (Å²) in [5.41, 5.74) is 10.8. The Hall–Kier alpha value is -2.33. The van der Waals surface area contributed by atoms with Crippen LogP contribution in [0.5, 0.6) is 5.75 Å². The number of carbonyl (C=O) groups is 1. The van der Waals surface area contributed by atoms with E-state index in [1.807, 2.05) is 0 Å². The number of carboxylic acids is 1. The predicted molar refractivity (Wildman–Crippen MR) is 99.0 cm³/mol. The number of nitrogens with two attached hydrogens (primary N) is 2. The summed E-state index contributed by atoms with van der Waals surface area (Å²) < 4.78 is 5.51. The van der Waals surface area contributed by atoms with Gasteiger partial charge in [0.2, 0.25) is 11.9 Å². The predicted octanol–water partition coefficient (Wildman–Crippen LogP) is 1.34. The van der Waals surface area contributed by atoms with Crippen molar-refractivity contribution in [3.8, 4) is 5.75 Å². The zero-order chi connectivity index (χ0) is 17.7. The van der Waals surface area contributed by atoms with E-state index in [2.05, 4.69) is 9.98 Å². The number of aliphatic imine (C=N–C) groups is 2. The summed E-state index contributed by atoms with van der Waals surface area (Å²) in [7, 11) is 0. The summed E-state index contributed by atoms with van der Waals surface area (Å²) in [6.45, 7) is 4.29. The Labute approximate surface area is 156 Å². The molecule has 1 heterocycles. The first-order valence-corrected chi connectivity index (χ1v) is 7.38. The van der Waals surface area contributed by atoms with Crippen molar-refractivity contribution < 1.29 is 19.5 Å². The van der Waals surface area contributed by atoms with Crippen LogP contribution in [-0.4, -0.2) is 46.9 Å². The molecule has 0 spiro atoms. The lowest BCUT2D eigenvalue weighted by Crippen LogP contribution is -2.53. The Balaban J connectivity index is 0.00000312. The van der Waals surface area contributed by atoms with Crippen molar-refractivity contribution in [2.24, 2.45) is 21.5 Å². The first kappa shape index (κ1) is 20.7. The zero-order valence-corrected chi connectivity index (χ0v) is 15.7. The van der Waals surface area contributed by atoms with Crippen molar-refractivity contribution >= 4 is 34.9 Å². The second-order valence-corrected chi connectivity index (χ2v) is 5.60. The molecular weight excluding hydrogens is 394 g/mol. The normalized spacial score (nSPS) is 15.7.